The standard InChI is InChI=1S/C23H19F3N2O3S/c24-23(25,26)20-11-5-4-10-19(20)22(29)27-17-12-13-21-16(15-17)7-6-14-28(21)32(30,31)18-8-2-1-3-9-18/h1-5,8-13,15H,6-7,14H2,(H,27,29). The van der Waals surface area contributed by atoms with Crippen LogP contribution in [-0.4, -0.2) is 20.9 Å². The third-order valence-electron chi connectivity index (χ3n) is 5.22. The molecule has 0 spiro atoms. The quantitative estimate of drug-likeness (QED) is 0.589. The zero-order valence-electron chi connectivity index (χ0n) is 16.8. The number of carbonyl (C=O) groups is 1. The number of sulfonamides is 1. The molecular weight excluding hydrogens is 441 g/mol. The Labute approximate surface area is 183 Å². The van der Waals surface area contributed by atoms with E-state index in [4.69, 9.17) is 0 Å². The molecule has 3 aromatic rings. The number of halogens is 3. The first-order valence-electron chi connectivity index (χ1n) is 9.86. The van der Waals surface area contributed by atoms with E-state index in [0.29, 0.717) is 36.3 Å². The highest BCUT2D eigenvalue weighted by Crippen LogP contribution is 2.35. The highest BCUT2D eigenvalue weighted by Gasteiger charge is 2.35. The van der Waals surface area contributed by atoms with Crippen molar-refractivity contribution in [2.45, 2.75) is 23.9 Å². The molecule has 1 amide bonds. The van der Waals surface area contributed by atoms with Crippen LogP contribution < -0.4 is 9.62 Å². The van der Waals surface area contributed by atoms with Gasteiger partial charge in [-0.25, -0.2) is 8.42 Å². The van der Waals surface area contributed by atoms with Crippen molar-refractivity contribution in [3.8, 4) is 0 Å². The van der Waals surface area contributed by atoms with Crippen LogP contribution in [0.4, 0.5) is 24.5 Å². The first-order chi connectivity index (χ1) is 15.2. The van der Waals surface area contributed by atoms with E-state index < -0.39 is 33.2 Å². The fraction of sp³-hybridized carbons (Fsp3) is 0.174. The molecule has 1 N–H and O–H groups in total. The van der Waals surface area contributed by atoms with Gasteiger partial charge in [0.25, 0.3) is 15.9 Å². The predicted octanol–water partition coefficient (Wildman–Crippen LogP) is 5.10. The normalized spacial score (nSPS) is 14.0. The molecule has 0 fully saturated rings. The average molecular weight is 460 g/mol. The average Bonchev–Trinajstić information content (AvgIpc) is 2.78. The summed E-state index contributed by atoms with van der Waals surface area (Å²) in [4.78, 5) is 12.7. The van der Waals surface area contributed by atoms with Gasteiger partial charge in [-0.3, -0.25) is 9.10 Å². The Hall–Kier alpha value is -3.33. The first kappa shape index (κ1) is 21.9. The SMILES string of the molecule is O=C(Nc1ccc2c(c1)CCCN2S(=O)(=O)c1ccccc1)c1ccccc1C(F)(F)F. The topological polar surface area (TPSA) is 66.5 Å². The lowest BCUT2D eigenvalue weighted by Gasteiger charge is -2.31. The van der Waals surface area contributed by atoms with Gasteiger partial charge in [0.05, 0.1) is 21.7 Å². The van der Waals surface area contributed by atoms with Gasteiger partial charge < -0.3 is 5.32 Å². The van der Waals surface area contributed by atoms with Gasteiger partial charge in [0, 0.05) is 12.2 Å². The van der Waals surface area contributed by atoms with Crippen LogP contribution in [0.1, 0.15) is 27.9 Å². The zero-order valence-corrected chi connectivity index (χ0v) is 17.6. The van der Waals surface area contributed by atoms with Crippen LogP contribution >= 0.6 is 0 Å². The summed E-state index contributed by atoms with van der Waals surface area (Å²) in [5.74, 6) is -0.887. The van der Waals surface area contributed by atoms with Crippen LogP contribution in [0.25, 0.3) is 0 Å². The number of nitrogens with one attached hydrogen (secondary N) is 1. The maximum Gasteiger partial charge on any atom is 0.417 e. The Kier molecular flexibility index (Phi) is 5.68. The predicted molar refractivity (Wildman–Crippen MR) is 115 cm³/mol. The first-order valence-corrected chi connectivity index (χ1v) is 11.3. The number of amides is 1. The summed E-state index contributed by atoms with van der Waals surface area (Å²) in [6.07, 6.45) is -3.50. The van der Waals surface area contributed by atoms with Crippen LogP contribution in [0, 0.1) is 0 Å². The molecule has 0 bridgehead atoms. The Morgan fingerprint density at radius 1 is 0.938 bits per heavy atom. The second kappa shape index (κ2) is 8.31. The fourth-order valence-electron chi connectivity index (χ4n) is 3.74. The summed E-state index contributed by atoms with van der Waals surface area (Å²) in [6.45, 7) is 0.314. The Bertz CT molecular complexity index is 1260. The minimum atomic E-state index is -4.66. The molecule has 3 aromatic carbocycles. The number of hydrogen-bond donors (Lipinski definition) is 1. The summed E-state index contributed by atoms with van der Waals surface area (Å²) in [5, 5.41) is 2.50. The maximum absolute atomic E-state index is 13.2. The molecule has 32 heavy (non-hydrogen) atoms. The number of anilines is 2. The molecule has 166 valence electrons. The van der Waals surface area contributed by atoms with E-state index >= 15 is 0 Å². The van der Waals surface area contributed by atoms with E-state index in [9.17, 15) is 26.4 Å². The van der Waals surface area contributed by atoms with Crippen molar-refractivity contribution in [1.29, 1.82) is 0 Å². The van der Waals surface area contributed by atoms with Crippen molar-refractivity contribution in [2.75, 3.05) is 16.2 Å². The number of alkyl halides is 3. The lowest BCUT2D eigenvalue weighted by Crippen LogP contribution is -2.35. The van der Waals surface area contributed by atoms with Crippen LogP contribution in [0.5, 0.6) is 0 Å². The van der Waals surface area contributed by atoms with Gasteiger partial charge in [-0.1, -0.05) is 30.3 Å². The summed E-state index contributed by atoms with van der Waals surface area (Å²) >= 11 is 0. The lowest BCUT2D eigenvalue weighted by atomic mass is 10.0. The van der Waals surface area contributed by atoms with E-state index in [2.05, 4.69) is 5.32 Å². The van der Waals surface area contributed by atoms with Gasteiger partial charge in [0.2, 0.25) is 0 Å². The summed E-state index contributed by atoms with van der Waals surface area (Å²) in [6, 6.07) is 17.3. The Morgan fingerprint density at radius 3 is 2.34 bits per heavy atom. The number of benzene rings is 3. The summed E-state index contributed by atoms with van der Waals surface area (Å²) in [7, 11) is -3.76. The molecule has 1 aliphatic heterocycles. The molecule has 1 aliphatic rings. The van der Waals surface area contributed by atoms with Gasteiger partial charge in [-0.05, 0) is 60.9 Å². The Balaban J connectivity index is 1.62. The van der Waals surface area contributed by atoms with Gasteiger partial charge in [-0.15, -0.1) is 0 Å². The highest BCUT2D eigenvalue weighted by atomic mass is 32.2. The van der Waals surface area contributed by atoms with Crippen LogP contribution in [0.15, 0.2) is 77.7 Å². The van der Waals surface area contributed by atoms with Crippen LogP contribution in [0.2, 0.25) is 0 Å². The number of carbonyl (C=O) groups excluding carboxylic acids is 1. The van der Waals surface area contributed by atoms with E-state index in [1.807, 2.05) is 0 Å². The van der Waals surface area contributed by atoms with Crippen molar-refractivity contribution in [1.82, 2.24) is 0 Å². The van der Waals surface area contributed by atoms with Crippen LogP contribution in [0.3, 0.4) is 0 Å². The molecule has 0 atom stereocenters. The molecule has 1 heterocycles. The molecule has 0 radical (unpaired) electrons. The van der Waals surface area contributed by atoms with Crippen molar-refractivity contribution in [3.05, 3.63) is 89.5 Å². The number of fused-ring (bicyclic) bond motifs is 1. The Morgan fingerprint density at radius 2 is 1.62 bits per heavy atom. The summed E-state index contributed by atoms with van der Waals surface area (Å²) in [5.41, 5.74) is -0.0160. The second-order valence-electron chi connectivity index (χ2n) is 7.33. The van der Waals surface area contributed by atoms with E-state index in [-0.39, 0.29) is 4.90 Å². The van der Waals surface area contributed by atoms with Gasteiger partial charge in [0.1, 0.15) is 0 Å². The maximum atomic E-state index is 13.2. The smallest absolute Gasteiger partial charge is 0.322 e. The lowest BCUT2D eigenvalue weighted by molar-refractivity contribution is -0.137. The zero-order chi connectivity index (χ0) is 22.9. The molecule has 0 unspecified atom stereocenters. The fourth-order valence-corrected chi connectivity index (χ4v) is 5.30. The van der Waals surface area contributed by atoms with Gasteiger partial charge in [0.15, 0.2) is 0 Å². The molecule has 4 rings (SSSR count). The van der Waals surface area contributed by atoms with Crippen molar-refractivity contribution < 1.29 is 26.4 Å². The molecule has 0 saturated heterocycles. The van der Waals surface area contributed by atoms with Crippen molar-refractivity contribution >= 4 is 27.3 Å². The summed E-state index contributed by atoms with van der Waals surface area (Å²) < 4.78 is 67.2. The minimum Gasteiger partial charge on any atom is -0.322 e. The van der Waals surface area contributed by atoms with E-state index in [1.165, 1.54) is 34.6 Å². The highest BCUT2D eigenvalue weighted by molar-refractivity contribution is 7.92. The molecule has 0 saturated carbocycles. The molecular formula is C23H19F3N2O3S. The van der Waals surface area contributed by atoms with Crippen molar-refractivity contribution in [3.63, 3.8) is 0 Å². The van der Waals surface area contributed by atoms with Crippen LogP contribution in [-0.2, 0) is 22.6 Å². The van der Waals surface area contributed by atoms with Gasteiger partial charge in [-0.2, -0.15) is 13.2 Å². The van der Waals surface area contributed by atoms with E-state index in [1.54, 1.807) is 30.3 Å². The third kappa shape index (κ3) is 4.20. The molecule has 0 aliphatic carbocycles. The van der Waals surface area contributed by atoms with Gasteiger partial charge >= 0.3 is 6.18 Å². The number of hydrogen-bond acceptors (Lipinski definition) is 3. The molecule has 0 aromatic heterocycles. The number of nitrogens with zero attached hydrogens (tertiary/aromatic N) is 1. The molecule has 9 heteroatoms. The molecule has 5 nitrogen and oxygen atoms in total. The second-order valence-corrected chi connectivity index (χ2v) is 9.20. The van der Waals surface area contributed by atoms with Crippen molar-refractivity contribution in [2.24, 2.45) is 0 Å². The monoisotopic (exact) mass is 460 g/mol. The van der Waals surface area contributed by atoms with E-state index in [0.717, 1.165) is 12.1 Å². The number of rotatable bonds is 4. The number of aryl methyl sites for hydroxylation is 1. The minimum absolute atomic E-state index is 0.175. The third-order valence-corrected chi connectivity index (χ3v) is 7.05. The largest absolute Gasteiger partial charge is 0.417 e.